The Labute approximate surface area is 141 Å². The highest BCUT2D eigenvalue weighted by atomic mass is 16.6. The van der Waals surface area contributed by atoms with Gasteiger partial charge in [-0.05, 0) is 48.9 Å². The molecule has 4 rings (SSSR count). The van der Waals surface area contributed by atoms with E-state index in [0.717, 1.165) is 17.7 Å². The molecule has 1 aliphatic heterocycles. The first kappa shape index (κ1) is 14.9. The number of hydrogen-bond acceptors (Lipinski definition) is 3. The molecule has 24 heavy (non-hydrogen) atoms. The van der Waals surface area contributed by atoms with Gasteiger partial charge in [0.2, 0.25) is 0 Å². The standard InChI is InChI=1S/C20H20N2O2/c1-12-10-13(2)19-14-7-5-8-15(14)20(21-17(19)11-12)16-6-3-4-9-18(16)22(23)24/h3-7,9-11,14-15,20-21H,8H2,1-2H3/t14-,15-,20+/m1/s1. The second-order valence-corrected chi connectivity index (χ2v) is 6.83. The van der Waals surface area contributed by atoms with E-state index < -0.39 is 0 Å². The number of nitro benzene ring substituents is 1. The van der Waals surface area contributed by atoms with Gasteiger partial charge in [0.1, 0.15) is 0 Å². The molecule has 0 saturated heterocycles. The number of fused-ring (bicyclic) bond motifs is 3. The Morgan fingerprint density at radius 3 is 2.79 bits per heavy atom. The van der Waals surface area contributed by atoms with Crippen LogP contribution >= 0.6 is 0 Å². The fraction of sp³-hybridized carbons (Fsp3) is 0.300. The SMILES string of the molecule is Cc1cc(C)c2c(c1)N[C@H](c1ccccc1[N+](=O)[O-])[C@@H]1CC=C[C@@H]21. The minimum absolute atomic E-state index is 0.0414. The van der Waals surface area contributed by atoms with Crippen LogP contribution < -0.4 is 5.32 Å². The molecule has 3 atom stereocenters. The van der Waals surface area contributed by atoms with Crippen LogP contribution in [0.1, 0.15) is 40.6 Å². The average Bonchev–Trinajstić information content (AvgIpc) is 3.02. The lowest BCUT2D eigenvalue weighted by Crippen LogP contribution is -2.30. The van der Waals surface area contributed by atoms with Crippen molar-refractivity contribution in [2.75, 3.05) is 5.32 Å². The Morgan fingerprint density at radius 2 is 2.00 bits per heavy atom. The van der Waals surface area contributed by atoms with E-state index in [-0.39, 0.29) is 16.7 Å². The number of aryl methyl sites for hydroxylation is 2. The molecule has 2 aliphatic rings. The van der Waals surface area contributed by atoms with Crippen LogP contribution in [0, 0.1) is 29.9 Å². The molecule has 1 aliphatic carbocycles. The van der Waals surface area contributed by atoms with E-state index in [2.05, 4.69) is 43.4 Å². The van der Waals surface area contributed by atoms with Crippen molar-refractivity contribution < 1.29 is 4.92 Å². The summed E-state index contributed by atoms with van der Waals surface area (Å²) in [4.78, 5) is 11.2. The zero-order valence-corrected chi connectivity index (χ0v) is 13.8. The third kappa shape index (κ3) is 2.21. The molecule has 1 heterocycles. The molecule has 2 aromatic carbocycles. The maximum Gasteiger partial charge on any atom is 0.274 e. The number of benzene rings is 2. The monoisotopic (exact) mass is 320 g/mol. The topological polar surface area (TPSA) is 55.2 Å². The summed E-state index contributed by atoms with van der Waals surface area (Å²) in [5.74, 6) is 0.645. The van der Waals surface area contributed by atoms with Crippen molar-refractivity contribution in [2.24, 2.45) is 5.92 Å². The molecule has 1 N–H and O–H groups in total. The summed E-state index contributed by atoms with van der Waals surface area (Å²) < 4.78 is 0. The number of nitrogens with one attached hydrogen (secondary N) is 1. The van der Waals surface area contributed by atoms with E-state index >= 15 is 0 Å². The highest BCUT2D eigenvalue weighted by Crippen LogP contribution is 2.52. The molecule has 4 heteroatoms. The lowest BCUT2D eigenvalue weighted by atomic mass is 9.75. The van der Waals surface area contributed by atoms with Crippen molar-refractivity contribution in [1.82, 2.24) is 0 Å². The van der Waals surface area contributed by atoms with Gasteiger partial charge in [0.15, 0.2) is 0 Å². The summed E-state index contributed by atoms with van der Waals surface area (Å²) in [6.07, 6.45) is 5.43. The number of allylic oxidation sites excluding steroid dienone is 2. The second-order valence-electron chi connectivity index (χ2n) is 6.83. The van der Waals surface area contributed by atoms with E-state index in [1.54, 1.807) is 12.1 Å². The quantitative estimate of drug-likeness (QED) is 0.479. The van der Waals surface area contributed by atoms with Crippen LogP contribution in [0.15, 0.2) is 48.6 Å². The first-order valence-corrected chi connectivity index (χ1v) is 8.34. The van der Waals surface area contributed by atoms with Crippen molar-refractivity contribution in [3.05, 3.63) is 80.9 Å². The van der Waals surface area contributed by atoms with Crippen LogP contribution in [-0.2, 0) is 0 Å². The van der Waals surface area contributed by atoms with Crippen LogP contribution in [0.5, 0.6) is 0 Å². The van der Waals surface area contributed by atoms with Gasteiger partial charge in [-0.25, -0.2) is 0 Å². The zero-order chi connectivity index (χ0) is 16.8. The Balaban J connectivity index is 1.86. The summed E-state index contributed by atoms with van der Waals surface area (Å²) in [5.41, 5.74) is 5.94. The average molecular weight is 320 g/mol. The fourth-order valence-corrected chi connectivity index (χ4v) is 4.37. The van der Waals surface area contributed by atoms with E-state index in [0.29, 0.717) is 11.8 Å². The van der Waals surface area contributed by atoms with Crippen LogP contribution in [0.2, 0.25) is 0 Å². The van der Waals surface area contributed by atoms with E-state index in [9.17, 15) is 10.1 Å². The van der Waals surface area contributed by atoms with Crippen LogP contribution in [0.25, 0.3) is 0 Å². The number of anilines is 1. The van der Waals surface area contributed by atoms with E-state index in [4.69, 9.17) is 0 Å². The van der Waals surface area contributed by atoms with E-state index in [1.165, 1.54) is 16.7 Å². The smallest absolute Gasteiger partial charge is 0.274 e. The van der Waals surface area contributed by atoms with Crippen molar-refractivity contribution >= 4 is 11.4 Å². The Kier molecular flexibility index (Phi) is 3.41. The normalized spacial score (nSPS) is 24.2. The lowest BCUT2D eigenvalue weighted by molar-refractivity contribution is -0.385. The molecule has 0 unspecified atom stereocenters. The van der Waals surface area contributed by atoms with E-state index in [1.807, 2.05) is 12.1 Å². The molecule has 0 radical (unpaired) electrons. The van der Waals surface area contributed by atoms with Crippen LogP contribution in [0.4, 0.5) is 11.4 Å². The summed E-state index contributed by atoms with van der Waals surface area (Å²) in [6, 6.07) is 11.4. The largest absolute Gasteiger partial charge is 0.377 e. The number of nitrogens with zero attached hydrogens (tertiary/aromatic N) is 1. The summed E-state index contributed by atoms with van der Waals surface area (Å²) >= 11 is 0. The Bertz CT molecular complexity index is 857. The van der Waals surface area contributed by atoms with Gasteiger partial charge >= 0.3 is 0 Å². The molecule has 0 amide bonds. The fourth-order valence-electron chi connectivity index (χ4n) is 4.37. The lowest BCUT2D eigenvalue weighted by Gasteiger charge is -2.38. The minimum Gasteiger partial charge on any atom is -0.377 e. The van der Waals surface area contributed by atoms with Crippen molar-refractivity contribution in [3.63, 3.8) is 0 Å². The van der Waals surface area contributed by atoms with Gasteiger partial charge in [0.05, 0.1) is 16.5 Å². The molecule has 0 saturated carbocycles. The molecule has 0 aromatic heterocycles. The van der Waals surface area contributed by atoms with Crippen LogP contribution in [-0.4, -0.2) is 4.92 Å². The van der Waals surface area contributed by atoms with Crippen molar-refractivity contribution in [1.29, 1.82) is 0 Å². The maximum absolute atomic E-state index is 11.5. The first-order chi connectivity index (χ1) is 11.6. The summed E-state index contributed by atoms with van der Waals surface area (Å²) in [7, 11) is 0. The third-order valence-corrected chi connectivity index (χ3v) is 5.29. The van der Waals surface area contributed by atoms with Gasteiger partial charge in [-0.3, -0.25) is 10.1 Å². The highest BCUT2D eigenvalue weighted by molar-refractivity contribution is 5.64. The van der Waals surface area contributed by atoms with Gasteiger partial charge in [0, 0.05) is 17.7 Å². The first-order valence-electron chi connectivity index (χ1n) is 8.34. The number of para-hydroxylation sites is 1. The van der Waals surface area contributed by atoms with Crippen molar-refractivity contribution in [3.8, 4) is 0 Å². The van der Waals surface area contributed by atoms with Gasteiger partial charge in [0.25, 0.3) is 5.69 Å². The molecule has 122 valence electrons. The molecule has 2 aromatic rings. The molecule has 0 spiro atoms. The van der Waals surface area contributed by atoms with Gasteiger partial charge in [-0.15, -0.1) is 0 Å². The molecule has 0 fully saturated rings. The Hall–Kier alpha value is -2.62. The minimum atomic E-state index is -0.272. The maximum atomic E-state index is 11.5. The molecule has 0 bridgehead atoms. The third-order valence-electron chi connectivity index (χ3n) is 5.29. The van der Waals surface area contributed by atoms with Crippen molar-refractivity contribution in [2.45, 2.75) is 32.2 Å². The summed E-state index contributed by atoms with van der Waals surface area (Å²) in [5, 5.41) is 15.1. The number of rotatable bonds is 2. The van der Waals surface area contributed by atoms with Gasteiger partial charge in [-0.1, -0.05) is 36.4 Å². The Morgan fingerprint density at radius 1 is 1.21 bits per heavy atom. The highest BCUT2D eigenvalue weighted by Gasteiger charge is 2.40. The predicted octanol–water partition coefficient (Wildman–Crippen LogP) is 5.04. The molecular weight excluding hydrogens is 300 g/mol. The second kappa shape index (κ2) is 5.48. The predicted molar refractivity (Wildman–Crippen MR) is 95.4 cm³/mol. The zero-order valence-electron chi connectivity index (χ0n) is 13.8. The molecule has 4 nitrogen and oxygen atoms in total. The summed E-state index contributed by atoms with van der Waals surface area (Å²) in [6.45, 7) is 4.24. The van der Waals surface area contributed by atoms with Crippen LogP contribution in [0.3, 0.4) is 0 Å². The number of hydrogen-bond donors (Lipinski definition) is 1. The van der Waals surface area contributed by atoms with Gasteiger partial charge in [-0.2, -0.15) is 0 Å². The molecular formula is C20H20N2O2. The van der Waals surface area contributed by atoms with Gasteiger partial charge < -0.3 is 5.32 Å². The number of nitro groups is 1.